The largest absolute Gasteiger partial charge is 0.481 e. The summed E-state index contributed by atoms with van der Waals surface area (Å²) >= 11 is 6.00. The molecule has 104 valence electrons. The summed E-state index contributed by atoms with van der Waals surface area (Å²) in [6, 6.07) is 5.05. The molecule has 0 saturated heterocycles. The highest BCUT2D eigenvalue weighted by Gasteiger charge is 2.19. The van der Waals surface area contributed by atoms with Gasteiger partial charge in [-0.05, 0) is 38.5 Å². The number of carboxylic acid groups (broad SMARTS) is 1. The number of rotatable bonds is 5. The van der Waals surface area contributed by atoms with Crippen molar-refractivity contribution in [2.75, 3.05) is 6.54 Å². The molecule has 0 heterocycles. The number of hydrogen-bond donors (Lipinski definition) is 1. The van der Waals surface area contributed by atoms with Crippen LogP contribution in [0.1, 0.15) is 36.2 Å². The molecule has 1 rings (SSSR count). The van der Waals surface area contributed by atoms with E-state index in [1.54, 1.807) is 18.2 Å². The van der Waals surface area contributed by atoms with Crippen LogP contribution < -0.4 is 0 Å². The molecular weight excluding hydrogens is 266 g/mol. The number of aryl methyl sites for hydroxylation is 1. The van der Waals surface area contributed by atoms with Crippen LogP contribution in [0.25, 0.3) is 0 Å². The first-order chi connectivity index (χ1) is 8.82. The van der Waals surface area contributed by atoms with E-state index in [2.05, 4.69) is 0 Å². The van der Waals surface area contributed by atoms with Gasteiger partial charge in [0.05, 0.1) is 6.42 Å². The molecule has 5 heteroatoms. The number of carboxylic acids is 1. The van der Waals surface area contributed by atoms with Crippen LogP contribution in [0.15, 0.2) is 18.2 Å². The normalized spacial score (nSPS) is 10.6. The summed E-state index contributed by atoms with van der Waals surface area (Å²) in [6.45, 7) is 5.77. The Balaban J connectivity index is 2.92. The van der Waals surface area contributed by atoms with E-state index in [1.165, 1.54) is 4.90 Å². The van der Waals surface area contributed by atoms with Crippen molar-refractivity contribution in [3.63, 3.8) is 0 Å². The number of benzene rings is 1. The van der Waals surface area contributed by atoms with Crippen molar-refractivity contribution in [1.29, 1.82) is 0 Å². The van der Waals surface area contributed by atoms with Gasteiger partial charge in [-0.1, -0.05) is 17.7 Å². The van der Waals surface area contributed by atoms with Gasteiger partial charge in [-0.15, -0.1) is 0 Å². The molecule has 0 radical (unpaired) electrons. The summed E-state index contributed by atoms with van der Waals surface area (Å²) in [5, 5.41) is 9.25. The smallest absolute Gasteiger partial charge is 0.305 e. The molecule has 1 amide bonds. The molecule has 0 aromatic heterocycles. The molecule has 0 aliphatic heterocycles. The van der Waals surface area contributed by atoms with Crippen LogP contribution in [-0.2, 0) is 4.79 Å². The fraction of sp³-hybridized carbons (Fsp3) is 0.429. The first-order valence-corrected chi connectivity index (χ1v) is 6.49. The third kappa shape index (κ3) is 4.24. The Morgan fingerprint density at radius 2 is 2.00 bits per heavy atom. The monoisotopic (exact) mass is 283 g/mol. The van der Waals surface area contributed by atoms with E-state index in [1.807, 2.05) is 20.8 Å². The Hall–Kier alpha value is -1.55. The van der Waals surface area contributed by atoms with E-state index < -0.39 is 5.97 Å². The summed E-state index contributed by atoms with van der Waals surface area (Å²) in [5.41, 5.74) is 1.38. The van der Waals surface area contributed by atoms with Crippen molar-refractivity contribution >= 4 is 23.5 Å². The number of halogens is 1. The Bertz CT molecular complexity index is 486. The first kappa shape index (κ1) is 15.5. The number of hydrogen-bond acceptors (Lipinski definition) is 2. The Morgan fingerprint density at radius 1 is 1.37 bits per heavy atom. The molecule has 0 spiro atoms. The molecule has 0 atom stereocenters. The molecule has 0 unspecified atom stereocenters. The molecule has 0 aliphatic rings. The molecule has 4 nitrogen and oxygen atoms in total. The van der Waals surface area contributed by atoms with Gasteiger partial charge < -0.3 is 10.0 Å². The van der Waals surface area contributed by atoms with E-state index in [4.69, 9.17) is 16.7 Å². The van der Waals surface area contributed by atoms with E-state index in [0.717, 1.165) is 5.56 Å². The second-order valence-electron chi connectivity index (χ2n) is 4.70. The Morgan fingerprint density at radius 3 is 2.47 bits per heavy atom. The standard InChI is InChI=1S/C14H18ClNO3/c1-9(2)16(7-6-13(17)18)14(19)11-5-4-10(3)12(15)8-11/h4-5,8-9H,6-7H2,1-3H3,(H,17,18). The second-order valence-corrected chi connectivity index (χ2v) is 5.11. The fourth-order valence-electron chi connectivity index (χ4n) is 1.70. The van der Waals surface area contributed by atoms with Crippen LogP contribution in [-0.4, -0.2) is 34.5 Å². The number of carbonyl (C=O) groups excluding carboxylic acids is 1. The van der Waals surface area contributed by atoms with Crippen molar-refractivity contribution in [2.45, 2.75) is 33.2 Å². The maximum Gasteiger partial charge on any atom is 0.305 e. The molecule has 19 heavy (non-hydrogen) atoms. The third-order valence-corrected chi connectivity index (χ3v) is 3.28. The average Bonchev–Trinajstić information content (AvgIpc) is 2.31. The number of aliphatic carboxylic acids is 1. The molecule has 1 aromatic rings. The Labute approximate surface area is 118 Å². The topological polar surface area (TPSA) is 57.6 Å². The van der Waals surface area contributed by atoms with E-state index >= 15 is 0 Å². The van der Waals surface area contributed by atoms with Crippen molar-refractivity contribution in [3.05, 3.63) is 34.3 Å². The fourth-order valence-corrected chi connectivity index (χ4v) is 1.88. The van der Waals surface area contributed by atoms with E-state index in [9.17, 15) is 9.59 Å². The van der Waals surface area contributed by atoms with Crippen molar-refractivity contribution in [2.24, 2.45) is 0 Å². The van der Waals surface area contributed by atoms with Crippen LogP contribution in [0.5, 0.6) is 0 Å². The molecular formula is C14H18ClNO3. The predicted molar refractivity (Wildman–Crippen MR) is 74.6 cm³/mol. The zero-order chi connectivity index (χ0) is 14.6. The number of amides is 1. The van der Waals surface area contributed by atoms with Crippen molar-refractivity contribution in [1.82, 2.24) is 4.90 Å². The zero-order valence-electron chi connectivity index (χ0n) is 11.3. The summed E-state index contributed by atoms with van der Waals surface area (Å²) in [4.78, 5) is 24.5. The highest BCUT2D eigenvalue weighted by molar-refractivity contribution is 6.31. The minimum Gasteiger partial charge on any atom is -0.481 e. The molecule has 0 fully saturated rings. The SMILES string of the molecule is Cc1ccc(C(=O)N(CCC(=O)O)C(C)C)cc1Cl. The maximum absolute atomic E-state index is 12.3. The van der Waals surface area contributed by atoms with Gasteiger partial charge >= 0.3 is 5.97 Å². The van der Waals surface area contributed by atoms with Crippen molar-refractivity contribution in [3.8, 4) is 0 Å². The van der Waals surface area contributed by atoms with E-state index in [-0.39, 0.29) is 24.9 Å². The first-order valence-electron chi connectivity index (χ1n) is 6.12. The lowest BCUT2D eigenvalue weighted by Crippen LogP contribution is -2.38. The highest BCUT2D eigenvalue weighted by Crippen LogP contribution is 2.18. The lowest BCUT2D eigenvalue weighted by atomic mass is 10.1. The highest BCUT2D eigenvalue weighted by atomic mass is 35.5. The van der Waals surface area contributed by atoms with Crippen LogP contribution >= 0.6 is 11.6 Å². The molecule has 0 bridgehead atoms. The molecule has 1 aromatic carbocycles. The van der Waals surface area contributed by atoms with Crippen LogP contribution in [0.4, 0.5) is 0 Å². The van der Waals surface area contributed by atoms with Gasteiger partial charge in [0.2, 0.25) is 0 Å². The predicted octanol–water partition coefficient (Wildman–Crippen LogP) is 2.97. The van der Waals surface area contributed by atoms with Crippen LogP contribution in [0.3, 0.4) is 0 Å². The van der Waals surface area contributed by atoms with E-state index in [0.29, 0.717) is 10.6 Å². The summed E-state index contributed by atoms with van der Waals surface area (Å²) in [7, 11) is 0. The van der Waals surface area contributed by atoms with Gasteiger partial charge in [-0.3, -0.25) is 9.59 Å². The van der Waals surface area contributed by atoms with Crippen LogP contribution in [0.2, 0.25) is 5.02 Å². The Kier molecular flexibility index (Phi) is 5.36. The summed E-state index contributed by atoms with van der Waals surface area (Å²) in [5.74, 6) is -1.11. The average molecular weight is 284 g/mol. The summed E-state index contributed by atoms with van der Waals surface area (Å²) in [6.07, 6.45) is -0.0660. The van der Waals surface area contributed by atoms with Gasteiger partial charge in [0.25, 0.3) is 5.91 Å². The lowest BCUT2D eigenvalue weighted by molar-refractivity contribution is -0.137. The lowest BCUT2D eigenvalue weighted by Gasteiger charge is -2.26. The quantitative estimate of drug-likeness (QED) is 0.904. The van der Waals surface area contributed by atoms with Gasteiger partial charge in [0.15, 0.2) is 0 Å². The van der Waals surface area contributed by atoms with Gasteiger partial charge in [-0.25, -0.2) is 0 Å². The van der Waals surface area contributed by atoms with Crippen LogP contribution in [0, 0.1) is 6.92 Å². The second kappa shape index (κ2) is 6.57. The maximum atomic E-state index is 12.3. The summed E-state index contributed by atoms with van der Waals surface area (Å²) < 4.78 is 0. The van der Waals surface area contributed by atoms with Crippen molar-refractivity contribution < 1.29 is 14.7 Å². The number of carbonyl (C=O) groups is 2. The third-order valence-electron chi connectivity index (χ3n) is 2.87. The van der Waals surface area contributed by atoms with Gasteiger partial charge in [0.1, 0.15) is 0 Å². The van der Waals surface area contributed by atoms with Gasteiger partial charge in [0, 0.05) is 23.2 Å². The minimum absolute atomic E-state index is 0.0630. The molecule has 0 aliphatic carbocycles. The van der Waals surface area contributed by atoms with Gasteiger partial charge in [-0.2, -0.15) is 0 Å². The molecule has 1 N–H and O–H groups in total. The number of nitrogens with zero attached hydrogens (tertiary/aromatic N) is 1. The minimum atomic E-state index is -0.916. The zero-order valence-corrected chi connectivity index (χ0v) is 12.1. The molecule has 0 saturated carbocycles.